The van der Waals surface area contributed by atoms with Crippen molar-refractivity contribution in [3.05, 3.63) is 23.8 Å². The summed E-state index contributed by atoms with van der Waals surface area (Å²) in [4.78, 5) is 2.37. The number of anilines is 1. The van der Waals surface area contributed by atoms with Gasteiger partial charge < -0.3 is 14.7 Å². The monoisotopic (exact) mass is 235 g/mol. The largest absolute Gasteiger partial charge is 0.496 e. The van der Waals surface area contributed by atoms with Crippen molar-refractivity contribution in [2.45, 2.75) is 19.8 Å². The molecule has 1 aromatic carbocycles. The Balaban J connectivity index is 2.08. The number of hydrogen-bond acceptors (Lipinski definition) is 3. The van der Waals surface area contributed by atoms with Crippen molar-refractivity contribution in [3.8, 4) is 5.75 Å². The van der Waals surface area contributed by atoms with Crippen LogP contribution in [0.2, 0.25) is 0 Å². The molecule has 3 nitrogen and oxygen atoms in total. The SMILES string of the molecule is COc1cc(N2CCC(CO)CC2)ccc1C. The van der Waals surface area contributed by atoms with Gasteiger partial charge in [0.25, 0.3) is 0 Å². The minimum absolute atomic E-state index is 0.324. The molecule has 1 heterocycles. The molecule has 17 heavy (non-hydrogen) atoms. The molecule has 0 atom stereocenters. The predicted molar refractivity (Wildman–Crippen MR) is 69.8 cm³/mol. The highest BCUT2D eigenvalue weighted by Crippen LogP contribution is 2.28. The summed E-state index contributed by atoms with van der Waals surface area (Å²) in [6.45, 7) is 4.43. The molecule has 94 valence electrons. The standard InChI is InChI=1S/C14H21NO2/c1-11-3-4-13(9-14(11)17-2)15-7-5-12(10-16)6-8-15/h3-4,9,12,16H,5-8,10H2,1-2H3. The number of piperidine rings is 1. The first-order valence-corrected chi connectivity index (χ1v) is 6.25. The summed E-state index contributed by atoms with van der Waals surface area (Å²) in [5, 5.41) is 9.13. The fourth-order valence-electron chi connectivity index (χ4n) is 2.38. The van der Waals surface area contributed by atoms with E-state index >= 15 is 0 Å². The van der Waals surface area contributed by atoms with Crippen LogP contribution in [0.3, 0.4) is 0 Å². The van der Waals surface area contributed by atoms with E-state index in [-0.39, 0.29) is 0 Å². The second-order valence-corrected chi connectivity index (χ2v) is 4.77. The minimum Gasteiger partial charge on any atom is -0.496 e. The van der Waals surface area contributed by atoms with Gasteiger partial charge in [0.05, 0.1) is 7.11 Å². The Morgan fingerprint density at radius 1 is 1.35 bits per heavy atom. The number of nitrogens with zero attached hydrogens (tertiary/aromatic N) is 1. The molecule has 1 saturated heterocycles. The zero-order chi connectivity index (χ0) is 12.3. The lowest BCUT2D eigenvalue weighted by molar-refractivity contribution is 0.203. The van der Waals surface area contributed by atoms with Gasteiger partial charge in [0.1, 0.15) is 5.75 Å². The van der Waals surface area contributed by atoms with Gasteiger partial charge in [-0.25, -0.2) is 0 Å². The Kier molecular flexibility index (Phi) is 3.89. The molecule has 1 fully saturated rings. The zero-order valence-corrected chi connectivity index (χ0v) is 10.6. The molecule has 0 saturated carbocycles. The first kappa shape index (κ1) is 12.2. The highest BCUT2D eigenvalue weighted by Gasteiger charge is 2.19. The first-order chi connectivity index (χ1) is 8.24. The van der Waals surface area contributed by atoms with E-state index in [4.69, 9.17) is 9.84 Å². The summed E-state index contributed by atoms with van der Waals surface area (Å²) in [5.41, 5.74) is 2.39. The fraction of sp³-hybridized carbons (Fsp3) is 0.571. The molecule has 0 aliphatic carbocycles. The van der Waals surface area contributed by atoms with Crippen LogP contribution in [0.1, 0.15) is 18.4 Å². The van der Waals surface area contributed by atoms with E-state index in [1.54, 1.807) is 7.11 Å². The van der Waals surface area contributed by atoms with Crippen molar-refractivity contribution >= 4 is 5.69 Å². The van der Waals surface area contributed by atoms with Gasteiger partial charge in [0.2, 0.25) is 0 Å². The van der Waals surface area contributed by atoms with E-state index in [1.807, 2.05) is 0 Å². The van der Waals surface area contributed by atoms with Gasteiger partial charge in [-0.15, -0.1) is 0 Å². The molecular weight excluding hydrogens is 214 g/mol. The Morgan fingerprint density at radius 3 is 2.65 bits per heavy atom. The van der Waals surface area contributed by atoms with Gasteiger partial charge in [0.15, 0.2) is 0 Å². The lowest BCUT2D eigenvalue weighted by Crippen LogP contribution is -2.34. The van der Waals surface area contributed by atoms with E-state index < -0.39 is 0 Å². The van der Waals surface area contributed by atoms with Crippen molar-refractivity contribution in [2.24, 2.45) is 5.92 Å². The molecule has 3 heteroatoms. The van der Waals surface area contributed by atoms with Gasteiger partial charge in [-0.3, -0.25) is 0 Å². The summed E-state index contributed by atoms with van der Waals surface area (Å²) in [5.74, 6) is 1.44. The number of ether oxygens (including phenoxy) is 1. The van der Waals surface area contributed by atoms with Gasteiger partial charge in [-0.2, -0.15) is 0 Å². The molecule has 1 aliphatic rings. The fourth-order valence-corrected chi connectivity index (χ4v) is 2.38. The van der Waals surface area contributed by atoms with Crippen molar-refractivity contribution in [1.29, 1.82) is 0 Å². The Hall–Kier alpha value is -1.22. The molecule has 1 N–H and O–H groups in total. The van der Waals surface area contributed by atoms with Crippen LogP contribution in [-0.2, 0) is 0 Å². The molecule has 0 spiro atoms. The van der Waals surface area contributed by atoms with Crippen LogP contribution >= 0.6 is 0 Å². The molecule has 2 rings (SSSR count). The molecule has 1 aromatic rings. The highest BCUT2D eigenvalue weighted by molar-refractivity contribution is 5.53. The maximum atomic E-state index is 9.13. The number of aliphatic hydroxyl groups is 1. The molecule has 0 amide bonds. The van der Waals surface area contributed by atoms with Crippen LogP contribution in [0, 0.1) is 12.8 Å². The Morgan fingerprint density at radius 2 is 2.06 bits per heavy atom. The maximum Gasteiger partial charge on any atom is 0.123 e. The summed E-state index contributed by atoms with van der Waals surface area (Å²) in [7, 11) is 1.71. The van der Waals surface area contributed by atoms with Crippen LogP contribution in [-0.4, -0.2) is 31.9 Å². The lowest BCUT2D eigenvalue weighted by Gasteiger charge is -2.33. The van der Waals surface area contributed by atoms with Gasteiger partial charge >= 0.3 is 0 Å². The summed E-state index contributed by atoms with van der Waals surface area (Å²) >= 11 is 0. The van der Waals surface area contributed by atoms with Crippen LogP contribution in [0.25, 0.3) is 0 Å². The normalized spacial score (nSPS) is 17.2. The smallest absolute Gasteiger partial charge is 0.123 e. The summed E-state index contributed by atoms with van der Waals surface area (Å²) in [6.07, 6.45) is 2.15. The molecule has 1 aliphatic heterocycles. The minimum atomic E-state index is 0.324. The number of aliphatic hydroxyl groups excluding tert-OH is 1. The number of benzene rings is 1. The quantitative estimate of drug-likeness (QED) is 0.872. The predicted octanol–water partition coefficient (Wildman–Crippen LogP) is 2.21. The average Bonchev–Trinajstić information content (AvgIpc) is 2.39. The van der Waals surface area contributed by atoms with Crippen molar-refractivity contribution in [3.63, 3.8) is 0 Å². The van der Waals surface area contributed by atoms with Crippen molar-refractivity contribution < 1.29 is 9.84 Å². The van der Waals surface area contributed by atoms with Crippen LogP contribution in [0.5, 0.6) is 5.75 Å². The third kappa shape index (κ3) is 2.72. The highest BCUT2D eigenvalue weighted by atomic mass is 16.5. The van der Waals surface area contributed by atoms with Crippen LogP contribution < -0.4 is 9.64 Å². The Bertz CT molecular complexity index is 370. The molecule has 0 unspecified atom stereocenters. The van der Waals surface area contributed by atoms with Crippen LogP contribution in [0.4, 0.5) is 5.69 Å². The number of hydrogen-bond donors (Lipinski definition) is 1. The molecule has 0 bridgehead atoms. The second-order valence-electron chi connectivity index (χ2n) is 4.77. The summed E-state index contributed by atoms with van der Waals surface area (Å²) in [6, 6.07) is 6.36. The third-order valence-electron chi connectivity index (χ3n) is 3.63. The lowest BCUT2D eigenvalue weighted by atomic mass is 9.97. The van der Waals surface area contributed by atoms with Gasteiger partial charge in [0, 0.05) is 31.5 Å². The number of rotatable bonds is 3. The third-order valence-corrected chi connectivity index (χ3v) is 3.63. The topological polar surface area (TPSA) is 32.7 Å². The van der Waals surface area contributed by atoms with Gasteiger partial charge in [-0.1, -0.05) is 6.07 Å². The van der Waals surface area contributed by atoms with Crippen molar-refractivity contribution in [2.75, 3.05) is 31.7 Å². The zero-order valence-electron chi connectivity index (χ0n) is 10.6. The molecule has 0 radical (unpaired) electrons. The van der Waals surface area contributed by atoms with Crippen molar-refractivity contribution in [1.82, 2.24) is 0 Å². The van der Waals surface area contributed by atoms with E-state index in [0.717, 1.165) is 31.7 Å². The van der Waals surface area contributed by atoms with E-state index in [0.29, 0.717) is 12.5 Å². The van der Waals surface area contributed by atoms with Crippen LogP contribution in [0.15, 0.2) is 18.2 Å². The first-order valence-electron chi connectivity index (χ1n) is 6.25. The maximum absolute atomic E-state index is 9.13. The van der Waals surface area contributed by atoms with E-state index in [1.165, 1.54) is 11.3 Å². The number of methoxy groups -OCH3 is 1. The molecule has 0 aromatic heterocycles. The average molecular weight is 235 g/mol. The molecular formula is C14H21NO2. The number of aryl methyl sites for hydroxylation is 1. The Labute approximate surface area is 103 Å². The van der Waals surface area contributed by atoms with Gasteiger partial charge in [-0.05, 0) is 37.3 Å². The summed E-state index contributed by atoms with van der Waals surface area (Å²) < 4.78 is 5.35. The van der Waals surface area contributed by atoms with E-state index in [2.05, 4.69) is 30.0 Å². The second kappa shape index (κ2) is 5.41. The van der Waals surface area contributed by atoms with E-state index in [9.17, 15) is 0 Å².